The first-order valence-corrected chi connectivity index (χ1v) is 8.49. The summed E-state index contributed by atoms with van der Waals surface area (Å²) >= 11 is 0. The molecule has 1 heterocycles. The highest BCUT2D eigenvalue weighted by atomic mass is 16.5. The largest absolute Gasteiger partial charge is 0.380 e. The van der Waals surface area contributed by atoms with Gasteiger partial charge in [0.2, 0.25) is 0 Å². The Kier molecular flexibility index (Phi) is 10.3. The smallest absolute Gasteiger partial charge is 0.0590 e. The van der Waals surface area contributed by atoms with Crippen LogP contribution in [0.5, 0.6) is 0 Å². The molecule has 1 saturated heterocycles. The maximum Gasteiger partial charge on any atom is 0.0590 e. The Labute approximate surface area is 125 Å². The van der Waals surface area contributed by atoms with E-state index in [0.717, 1.165) is 38.9 Å². The van der Waals surface area contributed by atoms with Crippen LogP contribution in [0.3, 0.4) is 0 Å². The Balaban J connectivity index is 1.93. The minimum Gasteiger partial charge on any atom is -0.380 e. The molecule has 20 heavy (non-hydrogen) atoms. The maximum absolute atomic E-state index is 5.53. The van der Waals surface area contributed by atoms with Crippen LogP contribution in [0.15, 0.2) is 0 Å². The van der Waals surface area contributed by atoms with Crippen LogP contribution in [0.4, 0.5) is 0 Å². The topological polar surface area (TPSA) is 27.7 Å². The first-order chi connectivity index (χ1) is 9.77. The summed E-state index contributed by atoms with van der Waals surface area (Å²) in [7, 11) is 2.24. The quantitative estimate of drug-likeness (QED) is 0.554. The van der Waals surface area contributed by atoms with E-state index in [0.29, 0.717) is 0 Å². The normalized spacial score (nSPS) is 20.1. The average molecular weight is 285 g/mol. The molecule has 4 heteroatoms. The molecule has 1 N–H and O–H groups in total. The van der Waals surface area contributed by atoms with Crippen molar-refractivity contribution in [1.82, 2.24) is 15.1 Å². The van der Waals surface area contributed by atoms with Crippen LogP contribution in [0.1, 0.15) is 39.5 Å². The predicted octanol–water partition coefficient (Wildman–Crippen LogP) is 1.81. The van der Waals surface area contributed by atoms with Crippen molar-refractivity contribution >= 4 is 0 Å². The molecule has 0 aromatic carbocycles. The number of rotatable bonds is 12. The Morgan fingerprint density at radius 1 is 1.25 bits per heavy atom. The summed E-state index contributed by atoms with van der Waals surface area (Å²) in [6.45, 7) is 13.1. The highest BCUT2D eigenvalue weighted by Crippen LogP contribution is 2.16. The predicted molar refractivity (Wildman–Crippen MR) is 86.4 cm³/mol. The first-order valence-electron chi connectivity index (χ1n) is 8.49. The van der Waals surface area contributed by atoms with E-state index in [2.05, 4.69) is 36.0 Å². The third-order valence-corrected chi connectivity index (χ3v) is 4.16. The van der Waals surface area contributed by atoms with Crippen LogP contribution in [-0.2, 0) is 4.74 Å². The molecule has 1 rings (SSSR count). The Morgan fingerprint density at radius 2 is 2.10 bits per heavy atom. The highest BCUT2D eigenvalue weighted by Gasteiger charge is 2.23. The summed E-state index contributed by atoms with van der Waals surface area (Å²) in [6, 6.07) is 0.780. The third kappa shape index (κ3) is 7.58. The summed E-state index contributed by atoms with van der Waals surface area (Å²) in [5.74, 6) is 0. The first kappa shape index (κ1) is 17.9. The van der Waals surface area contributed by atoms with Gasteiger partial charge >= 0.3 is 0 Å². The molecule has 1 atom stereocenters. The lowest BCUT2D eigenvalue weighted by Crippen LogP contribution is -2.41. The molecule has 120 valence electrons. The minimum absolute atomic E-state index is 0.780. The molecule has 4 nitrogen and oxygen atoms in total. The molecule has 0 amide bonds. The molecular formula is C16H35N3O. The summed E-state index contributed by atoms with van der Waals surface area (Å²) in [6.07, 6.45) is 5.14. The molecule has 1 fully saturated rings. The molecule has 0 aromatic rings. The second-order valence-electron chi connectivity index (χ2n) is 5.90. The number of ether oxygens (including phenoxy) is 1. The van der Waals surface area contributed by atoms with Gasteiger partial charge in [0.1, 0.15) is 0 Å². The minimum atomic E-state index is 0.780. The zero-order chi connectivity index (χ0) is 14.6. The lowest BCUT2D eigenvalue weighted by molar-refractivity contribution is 0.132. The van der Waals surface area contributed by atoms with Crippen LogP contribution >= 0.6 is 0 Å². The zero-order valence-electron chi connectivity index (χ0n) is 13.9. The van der Waals surface area contributed by atoms with Gasteiger partial charge in [0.05, 0.1) is 6.61 Å². The zero-order valence-corrected chi connectivity index (χ0v) is 13.9. The van der Waals surface area contributed by atoms with E-state index >= 15 is 0 Å². The van der Waals surface area contributed by atoms with Crippen molar-refractivity contribution in [3.63, 3.8) is 0 Å². The molecule has 1 aliphatic rings. The van der Waals surface area contributed by atoms with E-state index in [1.807, 2.05) is 0 Å². The number of nitrogens with zero attached hydrogens (tertiary/aromatic N) is 2. The van der Waals surface area contributed by atoms with Crippen LogP contribution in [-0.4, -0.2) is 75.4 Å². The molecule has 1 aliphatic heterocycles. The fraction of sp³-hybridized carbons (Fsp3) is 1.00. The van der Waals surface area contributed by atoms with Crippen molar-refractivity contribution in [3.05, 3.63) is 0 Å². The van der Waals surface area contributed by atoms with Crippen molar-refractivity contribution in [2.75, 3.05) is 59.5 Å². The molecule has 0 saturated carbocycles. The molecule has 0 radical (unpaired) electrons. The van der Waals surface area contributed by atoms with Gasteiger partial charge in [0.15, 0.2) is 0 Å². The van der Waals surface area contributed by atoms with Crippen molar-refractivity contribution in [1.29, 1.82) is 0 Å². The molecule has 0 bridgehead atoms. The lowest BCUT2D eigenvalue weighted by Gasteiger charge is -2.27. The second kappa shape index (κ2) is 11.5. The van der Waals surface area contributed by atoms with Crippen LogP contribution < -0.4 is 5.32 Å². The van der Waals surface area contributed by atoms with Gasteiger partial charge in [-0.2, -0.15) is 0 Å². The standard InChI is InChI=1S/C16H35N3O/c1-4-6-13-20-14-10-17-9-12-18(3)15-16-8-7-11-19(16)5-2/h16-17H,4-15H2,1-3H3. The average Bonchev–Trinajstić information content (AvgIpc) is 2.89. The summed E-state index contributed by atoms with van der Waals surface area (Å²) in [5, 5.41) is 3.46. The van der Waals surface area contributed by atoms with Gasteiger partial charge in [0.25, 0.3) is 0 Å². The van der Waals surface area contributed by atoms with E-state index in [9.17, 15) is 0 Å². The van der Waals surface area contributed by atoms with Gasteiger partial charge in [0, 0.05) is 38.8 Å². The van der Waals surface area contributed by atoms with E-state index in [-0.39, 0.29) is 0 Å². The van der Waals surface area contributed by atoms with E-state index in [1.165, 1.54) is 45.3 Å². The van der Waals surface area contributed by atoms with Crippen LogP contribution in [0, 0.1) is 0 Å². The van der Waals surface area contributed by atoms with Crippen molar-refractivity contribution in [3.8, 4) is 0 Å². The Morgan fingerprint density at radius 3 is 2.85 bits per heavy atom. The number of hydrogen-bond donors (Lipinski definition) is 1. The fourth-order valence-corrected chi connectivity index (χ4v) is 2.86. The molecule has 0 aliphatic carbocycles. The number of likely N-dealkylation sites (tertiary alicyclic amines) is 1. The second-order valence-corrected chi connectivity index (χ2v) is 5.90. The lowest BCUT2D eigenvalue weighted by atomic mass is 10.2. The van der Waals surface area contributed by atoms with Crippen molar-refractivity contribution in [2.24, 2.45) is 0 Å². The SMILES string of the molecule is CCCCOCCNCCN(C)CC1CCCN1CC. The molecule has 1 unspecified atom stereocenters. The van der Waals surface area contributed by atoms with E-state index in [1.54, 1.807) is 0 Å². The Bertz CT molecular complexity index is 226. The van der Waals surface area contributed by atoms with Crippen molar-refractivity contribution in [2.45, 2.75) is 45.6 Å². The van der Waals surface area contributed by atoms with Gasteiger partial charge in [-0.3, -0.25) is 4.90 Å². The van der Waals surface area contributed by atoms with Crippen LogP contribution in [0.25, 0.3) is 0 Å². The summed E-state index contributed by atoms with van der Waals surface area (Å²) < 4.78 is 5.53. The molecule has 0 spiro atoms. The van der Waals surface area contributed by atoms with Gasteiger partial charge in [-0.05, 0) is 39.4 Å². The maximum atomic E-state index is 5.53. The number of hydrogen-bond acceptors (Lipinski definition) is 4. The van der Waals surface area contributed by atoms with E-state index < -0.39 is 0 Å². The van der Waals surface area contributed by atoms with Gasteiger partial charge in [-0.25, -0.2) is 0 Å². The monoisotopic (exact) mass is 285 g/mol. The number of nitrogens with one attached hydrogen (secondary N) is 1. The Hall–Kier alpha value is -0.160. The van der Waals surface area contributed by atoms with Crippen molar-refractivity contribution < 1.29 is 4.74 Å². The van der Waals surface area contributed by atoms with E-state index in [4.69, 9.17) is 4.74 Å². The summed E-state index contributed by atoms with van der Waals surface area (Å²) in [4.78, 5) is 5.08. The highest BCUT2D eigenvalue weighted by molar-refractivity contribution is 4.80. The summed E-state index contributed by atoms with van der Waals surface area (Å²) in [5.41, 5.74) is 0. The number of unbranched alkanes of at least 4 members (excludes halogenated alkanes) is 1. The number of likely N-dealkylation sites (N-methyl/N-ethyl adjacent to an activating group) is 2. The molecule has 0 aromatic heterocycles. The van der Waals surface area contributed by atoms with Gasteiger partial charge < -0.3 is 15.0 Å². The van der Waals surface area contributed by atoms with Gasteiger partial charge in [-0.15, -0.1) is 0 Å². The molecular weight excluding hydrogens is 250 g/mol. The fourth-order valence-electron chi connectivity index (χ4n) is 2.86. The third-order valence-electron chi connectivity index (χ3n) is 4.16. The van der Waals surface area contributed by atoms with Gasteiger partial charge in [-0.1, -0.05) is 20.3 Å². The van der Waals surface area contributed by atoms with Crippen LogP contribution in [0.2, 0.25) is 0 Å².